The van der Waals surface area contributed by atoms with E-state index < -0.39 is 0 Å². The highest BCUT2D eigenvalue weighted by Gasteiger charge is 2.25. The highest BCUT2D eigenvalue weighted by molar-refractivity contribution is 6.31. The molecule has 0 unspecified atom stereocenters. The van der Waals surface area contributed by atoms with Gasteiger partial charge in [0.15, 0.2) is 11.2 Å². The molecule has 3 heterocycles. The summed E-state index contributed by atoms with van der Waals surface area (Å²) in [5.41, 5.74) is 13.1. The summed E-state index contributed by atoms with van der Waals surface area (Å²) in [4.78, 5) is 26.0. The Hall–Kier alpha value is -2.58. The highest BCUT2D eigenvalue weighted by Crippen LogP contribution is 2.26. The first-order chi connectivity index (χ1) is 12.5. The van der Waals surface area contributed by atoms with Crippen LogP contribution in [0.25, 0.3) is 11.2 Å². The highest BCUT2D eigenvalue weighted by atomic mass is 35.5. The van der Waals surface area contributed by atoms with E-state index in [1.807, 2.05) is 28.8 Å². The predicted molar refractivity (Wildman–Crippen MR) is 103 cm³/mol. The number of nitrogens with two attached hydrogens (primary N) is 2. The lowest BCUT2D eigenvalue weighted by Crippen LogP contribution is -2.44. The lowest BCUT2D eigenvalue weighted by atomic mass is 10.1. The van der Waals surface area contributed by atoms with Gasteiger partial charge >= 0.3 is 0 Å². The van der Waals surface area contributed by atoms with Gasteiger partial charge in [0, 0.05) is 24.2 Å². The summed E-state index contributed by atoms with van der Waals surface area (Å²) >= 11 is 6.33. The van der Waals surface area contributed by atoms with Crippen molar-refractivity contribution in [1.82, 2.24) is 19.5 Å². The van der Waals surface area contributed by atoms with E-state index >= 15 is 0 Å². The molecule has 1 atom stereocenters. The summed E-state index contributed by atoms with van der Waals surface area (Å²) in [5.74, 6) is 0.713. The van der Waals surface area contributed by atoms with Gasteiger partial charge in [-0.05, 0) is 24.5 Å². The molecule has 0 amide bonds. The Morgan fingerprint density at radius 2 is 2.12 bits per heavy atom. The fourth-order valence-electron chi connectivity index (χ4n) is 3.43. The molecular formula is C17H20ClN7O. The first kappa shape index (κ1) is 16.9. The number of aromatic amines is 1. The Bertz CT molecular complexity index is 1010. The maximum atomic E-state index is 12.5. The second-order valence-electron chi connectivity index (χ2n) is 6.56. The number of fused-ring (bicyclic) bond motifs is 1. The number of hydrogen-bond donors (Lipinski definition) is 3. The van der Waals surface area contributed by atoms with Crippen LogP contribution in [0.2, 0.25) is 5.02 Å². The van der Waals surface area contributed by atoms with Gasteiger partial charge in [-0.3, -0.25) is 14.3 Å². The van der Waals surface area contributed by atoms with Crippen molar-refractivity contribution in [2.24, 2.45) is 5.73 Å². The lowest BCUT2D eigenvalue weighted by molar-refractivity contribution is 0.495. The topological polar surface area (TPSA) is 119 Å². The maximum absolute atomic E-state index is 12.5. The third-order valence-corrected chi connectivity index (χ3v) is 5.01. The standard InChI is InChI=1S/C17H20ClN7O/c18-12-6-2-1-4-10(12)8-25-13-14(21-16(20)23-15(13)26)22-17(25)24-7-3-5-11(19)9-24/h1-2,4,6,11H,3,5,7-9,19H2,(H3,20,21,23,26)/t11-/m1/s1. The van der Waals surface area contributed by atoms with Gasteiger partial charge in [-0.25, -0.2) is 0 Å². The zero-order chi connectivity index (χ0) is 18.3. The number of piperidine rings is 1. The molecule has 9 heteroatoms. The molecule has 0 saturated carbocycles. The number of rotatable bonds is 3. The number of halogens is 1. The fourth-order valence-corrected chi connectivity index (χ4v) is 3.62. The smallest absolute Gasteiger partial charge is 0.278 e. The molecular weight excluding hydrogens is 354 g/mol. The molecule has 1 aromatic carbocycles. The van der Waals surface area contributed by atoms with Gasteiger partial charge in [-0.2, -0.15) is 9.97 Å². The summed E-state index contributed by atoms with van der Waals surface area (Å²) in [6.07, 6.45) is 1.95. The minimum absolute atomic E-state index is 0.0480. The molecule has 2 aromatic heterocycles. The van der Waals surface area contributed by atoms with Gasteiger partial charge in [0.1, 0.15) is 0 Å². The number of benzene rings is 1. The van der Waals surface area contributed by atoms with E-state index in [9.17, 15) is 4.79 Å². The van der Waals surface area contributed by atoms with Crippen molar-refractivity contribution in [3.05, 3.63) is 45.2 Å². The Morgan fingerprint density at radius 3 is 2.88 bits per heavy atom. The van der Waals surface area contributed by atoms with E-state index in [0.29, 0.717) is 35.2 Å². The molecule has 8 nitrogen and oxygen atoms in total. The molecule has 4 rings (SSSR count). The van der Waals surface area contributed by atoms with E-state index in [-0.39, 0.29) is 17.5 Å². The molecule has 1 aliphatic rings. The quantitative estimate of drug-likeness (QED) is 0.637. The van der Waals surface area contributed by atoms with E-state index in [1.165, 1.54) is 0 Å². The lowest BCUT2D eigenvalue weighted by Gasteiger charge is -2.31. The van der Waals surface area contributed by atoms with E-state index in [2.05, 4.69) is 19.9 Å². The van der Waals surface area contributed by atoms with E-state index in [1.54, 1.807) is 0 Å². The van der Waals surface area contributed by atoms with Crippen LogP contribution in [0.4, 0.5) is 11.9 Å². The number of aromatic nitrogens is 4. The second kappa shape index (κ2) is 6.62. The van der Waals surface area contributed by atoms with Crippen LogP contribution in [-0.2, 0) is 6.54 Å². The molecule has 0 bridgehead atoms. The Balaban J connectivity index is 1.88. The summed E-state index contributed by atoms with van der Waals surface area (Å²) in [6, 6.07) is 7.62. The molecule has 3 aromatic rings. The van der Waals surface area contributed by atoms with Crippen molar-refractivity contribution in [2.45, 2.75) is 25.4 Å². The van der Waals surface area contributed by atoms with Crippen LogP contribution in [0, 0.1) is 0 Å². The normalized spacial score (nSPS) is 17.8. The molecule has 0 aliphatic carbocycles. The predicted octanol–water partition coefficient (Wildman–Crippen LogP) is 1.33. The molecule has 1 fully saturated rings. The molecule has 26 heavy (non-hydrogen) atoms. The zero-order valence-corrected chi connectivity index (χ0v) is 14.9. The van der Waals surface area contributed by atoms with Crippen LogP contribution in [0.15, 0.2) is 29.1 Å². The van der Waals surface area contributed by atoms with E-state index in [4.69, 9.17) is 23.1 Å². The molecule has 136 valence electrons. The maximum Gasteiger partial charge on any atom is 0.278 e. The van der Waals surface area contributed by atoms with Crippen LogP contribution in [0.5, 0.6) is 0 Å². The minimum Gasteiger partial charge on any atom is -0.369 e. The van der Waals surface area contributed by atoms with Crippen molar-refractivity contribution < 1.29 is 0 Å². The Labute approximate surface area is 154 Å². The molecule has 0 radical (unpaired) electrons. The number of nitrogens with one attached hydrogen (secondary N) is 1. The number of imidazole rings is 1. The van der Waals surface area contributed by atoms with Gasteiger partial charge in [0.05, 0.1) is 6.54 Å². The largest absolute Gasteiger partial charge is 0.369 e. The van der Waals surface area contributed by atoms with Crippen molar-refractivity contribution in [1.29, 1.82) is 0 Å². The second-order valence-corrected chi connectivity index (χ2v) is 6.97. The molecule has 1 aliphatic heterocycles. The van der Waals surface area contributed by atoms with Crippen LogP contribution < -0.4 is 21.9 Å². The molecule has 1 saturated heterocycles. The van der Waals surface area contributed by atoms with E-state index in [0.717, 1.165) is 24.9 Å². The summed E-state index contributed by atoms with van der Waals surface area (Å²) in [7, 11) is 0. The molecule has 0 spiro atoms. The van der Waals surface area contributed by atoms with Gasteiger partial charge in [0.2, 0.25) is 11.9 Å². The van der Waals surface area contributed by atoms with Crippen LogP contribution in [0.1, 0.15) is 18.4 Å². The SMILES string of the molecule is Nc1nc2nc(N3CCC[C@@H](N)C3)n(Cc3ccccc3Cl)c2c(=O)[nH]1. The minimum atomic E-state index is -0.320. The monoisotopic (exact) mass is 373 g/mol. The third-order valence-electron chi connectivity index (χ3n) is 4.64. The van der Waals surface area contributed by atoms with Crippen molar-refractivity contribution in [3.63, 3.8) is 0 Å². The number of H-pyrrole nitrogens is 1. The van der Waals surface area contributed by atoms with Gasteiger partial charge in [-0.15, -0.1) is 0 Å². The number of nitrogens with zero attached hydrogens (tertiary/aromatic N) is 4. The summed E-state index contributed by atoms with van der Waals surface area (Å²) in [6.45, 7) is 1.91. The zero-order valence-electron chi connectivity index (χ0n) is 14.2. The first-order valence-electron chi connectivity index (χ1n) is 8.53. The Kier molecular flexibility index (Phi) is 4.29. The average Bonchev–Trinajstić information content (AvgIpc) is 2.95. The Morgan fingerprint density at radius 1 is 1.31 bits per heavy atom. The van der Waals surface area contributed by atoms with Gasteiger partial charge in [0.25, 0.3) is 5.56 Å². The van der Waals surface area contributed by atoms with Gasteiger partial charge < -0.3 is 16.4 Å². The van der Waals surface area contributed by atoms with Crippen LogP contribution in [0.3, 0.4) is 0 Å². The van der Waals surface area contributed by atoms with Gasteiger partial charge in [-0.1, -0.05) is 29.8 Å². The average molecular weight is 374 g/mol. The van der Waals surface area contributed by atoms with Crippen LogP contribution in [-0.4, -0.2) is 38.7 Å². The van der Waals surface area contributed by atoms with Crippen molar-refractivity contribution in [3.8, 4) is 0 Å². The fraction of sp³-hybridized carbons (Fsp3) is 0.353. The first-order valence-corrected chi connectivity index (χ1v) is 8.90. The summed E-state index contributed by atoms with van der Waals surface area (Å²) < 4.78 is 1.85. The van der Waals surface area contributed by atoms with Crippen molar-refractivity contribution in [2.75, 3.05) is 23.7 Å². The number of anilines is 2. The molecule has 5 N–H and O–H groups in total. The third kappa shape index (κ3) is 3.02. The number of hydrogen-bond acceptors (Lipinski definition) is 6. The number of nitrogen functional groups attached to an aromatic ring is 1. The van der Waals surface area contributed by atoms with Crippen LogP contribution >= 0.6 is 11.6 Å². The summed E-state index contributed by atoms with van der Waals surface area (Å²) in [5, 5.41) is 0.635. The van der Waals surface area contributed by atoms with Crippen molar-refractivity contribution >= 4 is 34.7 Å².